The summed E-state index contributed by atoms with van der Waals surface area (Å²) in [7, 11) is 0. The predicted molar refractivity (Wildman–Crippen MR) is 59.0 cm³/mol. The van der Waals surface area contributed by atoms with Gasteiger partial charge in [-0.2, -0.15) is 0 Å². The van der Waals surface area contributed by atoms with Crippen molar-refractivity contribution < 1.29 is 15.3 Å². The van der Waals surface area contributed by atoms with Crippen molar-refractivity contribution in [2.75, 3.05) is 0 Å². The third kappa shape index (κ3) is 3.44. The van der Waals surface area contributed by atoms with E-state index in [0.29, 0.717) is 6.42 Å². The Kier molecular flexibility index (Phi) is 4.43. The summed E-state index contributed by atoms with van der Waals surface area (Å²) in [4.78, 5) is 0. The number of aromatic hydroxyl groups is 2. The molecule has 84 valence electrons. The van der Waals surface area contributed by atoms with Crippen LogP contribution in [0.25, 0.3) is 0 Å². The fourth-order valence-electron chi connectivity index (χ4n) is 1.51. The number of hydrogen-bond acceptors (Lipinski definition) is 3. The summed E-state index contributed by atoms with van der Waals surface area (Å²) < 4.78 is 0. The summed E-state index contributed by atoms with van der Waals surface area (Å²) in [6.45, 7) is 1.94. The molecule has 0 spiro atoms. The first-order valence-electron chi connectivity index (χ1n) is 5.33. The number of benzene rings is 1. The van der Waals surface area contributed by atoms with E-state index in [2.05, 4.69) is 0 Å². The second-order valence-electron chi connectivity index (χ2n) is 3.74. The molecule has 0 aliphatic heterocycles. The molecule has 3 nitrogen and oxygen atoms in total. The number of phenolic OH excluding ortho intramolecular Hbond substituents is 2. The van der Waals surface area contributed by atoms with Gasteiger partial charge >= 0.3 is 0 Å². The standard InChI is InChI=1S/C12H18O3/c1-2-10(13)7-3-5-9-6-4-8-11(14)12(9)15/h4,6,8,10,13-15H,2-3,5,7H2,1H3. The minimum atomic E-state index is -0.260. The Bertz CT molecular complexity index is 310. The zero-order chi connectivity index (χ0) is 11.3. The lowest BCUT2D eigenvalue weighted by Gasteiger charge is -2.08. The van der Waals surface area contributed by atoms with Crippen molar-refractivity contribution in [1.29, 1.82) is 0 Å². The van der Waals surface area contributed by atoms with Gasteiger partial charge in [0.2, 0.25) is 0 Å². The maximum absolute atomic E-state index is 9.51. The van der Waals surface area contributed by atoms with Crippen LogP contribution in [0.3, 0.4) is 0 Å². The van der Waals surface area contributed by atoms with E-state index in [9.17, 15) is 15.3 Å². The first-order chi connectivity index (χ1) is 7.15. The van der Waals surface area contributed by atoms with Gasteiger partial charge in [0.25, 0.3) is 0 Å². The third-order valence-electron chi connectivity index (χ3n) is 2.55. The Balaban J connectivity index is 2.47. The molecule has 3 heteroatoms. The molecule has 0 fully saturated rings. The van der Waals surface area contributed by atoms with E-state index in [-0.39, 0.29) is 17.6 Å². The molecular formula is C12H18O3. The maximum Gasteiger partial charge on any atom is 0.160 e. The molecule has 1 rings (SSSR count). The van der Waals surface area contributed by atoms with Crippen LogP contribution in [0.4, 0.5) is 0 Å². The summed E-state index contributed by atoms with van der Waals surface area (Å²) in [6.07, 6.45) is 2.71. The van der Waals surface area contributed by atoms with Crippen LogP contribution in [0, 0.1) is 0 Å². The molecule has 0 aliphatic rings. The van der Waals surface area contributed by atoms with Gasteiger partial charge in [-0.15, -0.1) is 0 Å². The third-order valence-corrected chi connectivity index (χ3v) is 2.55. The van der Waals surface area contributed by atoms with Crippen LogP contribution < -0.4 is 0 Å². The van der Waals surface area contributed by atoms with E-state index in [0.717, 1.165) is 24.8 Å². The van der Waals surface area contributed by atoms with Gasteiger partial charge < -0.3 is 15.3 Å². The molecule has 0 bridgehead atoms. The van der Waals surface area contributed by atoms with Crippen LogP contribution in [-0.4, -0.2) is 21.4 Å². The molecule has 0 aliphatic carbocycles. The number of aliphatic hydroxyl groups is 1. The van der Waals surface area contributed by atoms with Crippen LogP contribution in [0.5, 0.6) is 11.5 Å². The van der Waals surface area contributed by atoms with E-state index in [1.165, 1.54) is 6.07 Å². The van der Waals surface area contributed by atoms with Gasteiger partial charge in [0.1, 0.15) is 0 Å². The maximum atomic E-state index is 9.51. The number of aliphatic hydroxyl groups excluding tert-OH is 1. The number of phenols is 2. The molecule has 3 N–H and O–H groups in total. The van der Waals surface area contributed by atoms with Crippen molar-refractivity contribution in [3.63, 3.8) is 0 Å². The Morgan fingerprint density at radius 2 is 2.00 bits per heavy atom. The van der Waals surface area contributed by atoms with E-state index < -0.39 is 0 Å². The number of para-hydroxylation sites is 1. The lowest BCUT2D eigenvalue weighted by molar-refractivity contribution is 0.157. The van der Waals surface area contributed by atoms with Crippen molar-refractivity contribution in [2.45, 2.75) is 38.7 Å². The van der Waals surface area contributed by atoms with Crippen molar-refractivity contribution in [3.05, 3.63) is 23.8 Å². The first-order valence-corrected chi connectivity index (χ1v) is 5.33. The number of rotatable bonds is 5. The van der Waals surface area contributed by atoms with Crippen LogP contribution in [-0.2, 0) is 6.42 Å². The number of hydrogen-bond donors (Lipinski definition) is 3. The molecule has 1 atom stereocenters. The van der Waals surface area contributed by atoms with Crippen molar-refractivity contribution in [2.24, 2.45) is 0 Å². The quantitative estimate of drug-likeness (QED) is 0.653. The van der Waals surface area contributed by atoms with Crippen LogP contribution in [0.15, 0.2) is 18.2 Å². The molecular weight excluding hydrogens is 192 g/mol. The Hall–Kier alpha value is -1.22. The van der Waals surface area contributed by atoms with Crippen molar-refractivity contribution in [3.8, 4) is 11.5 Å². The van der Waals surface area contributed by atoms with Gasteiger partial charge in [0.15, 0.2) is 11.5 Å². The molecule has 1 aromatic carbocycles. The summed E-state index contributed by atoms with van der Waals surface area (Å²) in [6, 6.07) is 4.95. The molecule has 0 saturated heterocycles. The van der Waals surface area contributed by atoms with Gasteiger partial charge in [-0.3, -0.25) is 0 Å². The van der Waals surface area contributed by atoms with Crippen LogP contribution >= 0.6 is 0 Å². The highest BCUT2D eigenvalue weighted by atomic mass is 16.3. The Morgan fingerprint density at radius 3 is 2.67 bits per heavy atom. The van der Waals surface area contributed by atoms with Gasteiger partial charge in [0, 0.05) is 0 Å². The largest absolute Gasteiger partial charge is 0.504 e. The normalized spacial score (nSPS) is 12.7. The lowest BCUT2D eigenvalue weighted by Crippen LogP contribution is -2.04. The van der Waals surface area contributed by atoms with Crippen molar-refractivity contribution in [1.82, 2.24) is 0 Å². The monoisotopic (exact) mass is 210 g/mol. The number of aryl methyl sites for hydroxylation is 1. The van der Waals surface area contributed by atoms with Crippen molar-refractivity contribution >= 4 is 0 Å². The molecule has 0 amide bonds. The van der Waals surface area contributed by atoms with Gasteiger partial charge in [-0.1, -0.05) is 19.1 Å². The smallest absolute Gasteiger partial charge is 0.160 e. The molecule has 0 aromatic heterocycles. The summed E-state index contributed by atoms with van der Waals surface area (Å²) in [5.41, 5.74) is 0.735. The molecule has 1 aromatic rings. The SMILES string of the molecule is CCC(O)CCCc1cccc(O)c1O. The predicted octanol–water partition coefficient (Wildman–Crippen LogP) is 2.19. The molecule has 0 saturated carbocycles. The summed E-state index contributed by atoms with van der Waals surface area (Å²) in [5, 5.41) is 28.1. The highest BCUT2D eigenvalue weighted by Gasteiger charge is 2.06. The van der Waals surface area contributed by atoms with Gasteiger partial charge in [-0.05, 0) is 37.3 Å². The fraction of sp³-hybridized carbons (Fsp3) is 0.500. The highest BCUT2D eigenvalue weighted by Crippen LogP contribution is 2.29. The van der Waals surface area contributed by atoms with Crippen LogP contribution in [0.2, 0.25) is 0 Å². The van der Waals surface area contributed by atoms with E-state index in [4.69, 9.17) is 0 Å². The highest BCUT2D eigenvalue weighted by molar-refractivity contribution is 5.44. The Morgan fingerprint density at radius 1 is 1.27 bits per heavy atom. The van der Waals surface area contributed by atoms with Crippen LogP contribution in [0.1, 0.15) is 31.7 Å². The molecule has 0 heterocycles. The minimum absolute atomic E-state index is 0.0384. The first kappa shape index (κ1) is 11.9. The van der Waals surface area contributed by atoms with E-state index in [1.807, 2.05) is 6.92 Å². The molecule has 15 heavy (non-hydrogen) atoms. The minimum Gasteiger partial charge on any atom is -0.504 e. The van der Waals surface area contributed by atoms with Gasteiger partial charge in [-0.25, -0.2) is 0 Å². The second kappa shape index (κ2) is 5.61. The Labute approximate surface area is 90.0 Å². The van der Waals surface area contributed by atoms with E-state index in [1.54, 1.807) is 12.1 Å². The molecule has 0 radical (unpaired) electrons. The zero-order valence-corrected chi connectivity index (χ0v) is 8.98. The fourth-order valence-corrected chi connectivity index (χ4v) is 1.51. The summed E-state index contributed by atoms with van der Waals surface area (Å²) in [5.74, 6) is -0.118. The average molecular weight is 210 g/mol. The topological polar surface area (TPSA) is 60.7 Å². The van der Waals surface area contributed by atoms with E-state index >= 15 is 0 Å². The zero-order valence-electron chi connectivity index (χ0n) is 8.98. The summed E-state index contributed by atoms with van der Waals surface area (Å²) >= 11 is 0. The van der Waals surface area contributed by atoms with Gasteiger partial charge in [0.05, 0.1) is 6.10 Å². The lowest BCUT2D eigenvalue weighted by atomic mass is 10.0. The molecule has 1 unspecified atom stereocenters. The second-order valence-corrected chi connectivity index (χ2v) is 3.74. The average Bonchev–Trinajstić information content (AvgIpc) is 2.24.